The third kappa shape index (κ3) is 3.69. The Morgan fingerprint density at radius 2 is 1.90 bits per heavy atom. The third-order valence-electron chi connectivity index (χ3n) is 4.82. The van der Waals surface area contributed by atoms with Crippen molar-refractivity contribution in [2.75, 3.05) is 31.2 Å². The van der Waals surface area contributed by atoms with E-state index in [1.165, 1.54) is 0 Å². The number of aromatic nitrogens is 1. The van der Waals surface area contributed by atoms with Crippen LogP contribution in [0.2, 0.25) is 0 Å². The number of ether oxygens (including phenoxy) is 2. The first kappa shape index (κ1) is 20.1. The van der Waals surface area contributed by atoms with Gasteiger partial charge < -0.3 is 14.8 Å². The van der Waals surface area contributed by atoms with Gasteiger partial charge in [-0.05, 0) is 23.6 Å². The summed E-state index contributed by atoms with van der Waals surface area (Å²) in [6.45, 7) is 0.611. The van der Waals surface area contributed by atoms with Gasteiger partial charge in [0.25, 0.3) is 10.0 Å². The summed E-state index contributed by atoms with van der Waals surface area (Å²) >= 11 is 0. The number of amides is 1. The maximum atomic E-state index is 13.0. The molecule has 0 atom stereocenters. The van der Waals surface area contributed by atoms with Crippen LogP contribution in [0.25, 0.3) is 10.8 Å². The minimum Gasteiger partial charge on any atom is -0.475 e. The molecule has 0 fully saturated rings. The van der Waals surface area contributed by atoms with Gasteiger partial charge in [-0.25, -0.2) is 13.4 Å². The van der Waals surface area contributed by atoms with Crippen LogP contribution in [0.4, 0.5) is 5.69 Å². The van der Waals surface area contributed by atoms with Gasteiger partial charge in [-0.15, -0.1) is 0 Å². The van der Waals surface area contributed by atoms with Crippen LogP contribution in [-0.4, -0.2) is 46.2 Å². The Hall–Kier alpha value is -3.17. The molecule has 1 N–H and O–H groups in total. The number of methoxy groups -OCH3 is 1. The van der Waals surface area contributed by atoms with E-state index in [9.17, 15) is 13.2 Å². The fourth-order valence-corrected chi connectivity index (χ4v) is 5.09. The molecule has 0 saturated carbocycles. The summed E-state index contributed by atoms with van der Waals surface area (Å²) < 4.78 is 37.6. The van der Waals surface area contributed by atoms with Crippen molar-refractivity contribution >= 4 is 32.4 Å². The van der Waals surface area contributed by atoms with Crippen molar-refractivity contribution < 1.29 is 22.7 Å². The van der Waals surface area contributed by atoms with E-state index < -0.39 is 15.9 Å². The minimum absolute atomic E-state index is 0.167. The van der Waals surface area contributed by atoms with Crippen molar-refractivity contribution in [2.45, 2.75) is 11.4 Å². The highest BCUT2D eigenvalue weighted by Crippen LogP contribution is 2.41. The number of anilines is 1. The largest absolute Gasteiger partial charge is 0.475 e. The van der Waals surface area contributed by atoms with Crippen molar-refractivity contribution in [1.82, 2.24) is 10.3 Å². The number of carbonyl (C=O) groups excluding carboxylic acids is 1. The van der Waals surface area contributed by atoms with Gasteiger partial charge >= 0.3 is 0 Å². The second-order valence-electron chi connectivity index (χ2n) is 6.73. The van der Waals surface area contributed by atoms with Crippen molar-refractivity contribution in [3.05, 3.63) is 60.3 Å². The van der Waals surface area contributed by atoms with Gasteiger partial charge in [-0.1, -0.05) is 30.3 Å². The van der Waals surface area contributed by atoms with Crippen LogP contribution in [0.1, 0.15) is 5.56 Å². The summed E-state index contributed by atoms with van der Waals surface area (Å²) in [6, 6.07) is 14.0. The number of benzene rings is 2. The number of nitrogens with one attached hydrogen (secondary N) is 1. The summed E-state index contributed by atoms with van der Waals surface area (Å²) in [4.78, 5) is 17.0. The average molecular weight is 427 g/mol. The number of hydrogen-bond donors (Lipinski definition) is 1. The highest BCUT2D eigenvalue weighted by molar-refractivity contribution is 7.93. The lowest BCUT2D eigenvalue weighted by molar-refractivity contribution is -0.119. The number of carbonyl (C=O) groups is 1. The second-order valence-corrected chi connectivity index (χ2v) is 8.56. The standard InChI is InChI=1S/C21H21N3O5S/c1-28-11-12-29-21-16(7-4-10-22-21)13-23-19(25)14-24-17-8-2-5-15-6-3-9-18(20(15)17)30(24,26)27/h2-10H,11-14H2,1H3,(H,23,25). The molecule has 0 aliphatic carbocycles. The van der Waals surface area contributed by atoms with Crippen LogP contribution in [0.5, 0.6) is 5.88 Å². The highest BCUT2D eigenvalue weighted by atomic mass is 32.2. The van der Waals surface area contributed by atoms with Crippen molar-refractivity contribution in [3.8, 4) is 5.88 Å². The van der Waals surface area contributed by atoms with E-state index in [1.807, 2.05) is 12.1 Å². The van der Waals surface area contributed by atoms with Crippen LogP contribution in [0, 0.1) is 0 Å². The molecular weight excluding hydrogens is 406 g/mol. The molecular formula is C21H21N3O5S. The van der Waals surface area contributed by atoms with Crippen molar-refractivity contribution in [3.63, 3.8) is 0 Å². The number of sulfonamides is 1. The van der Waals surface area contributed by atoms with Crippen LogP contribution in [-0.2, 0) is 26.1 Å². The number of hydrogen-bond acceptors (Lipinski definition) is 6. The monoisotopic (exact) mass is 427 g/mol. The molecule has 1 amide bonds. The molecule has 2 heterocycles. The zero-order valence-corrected chi connectivity index (χ0v) is 17.2. The summed E-state index contributed by atoms with van der Waals surface area (Å²) in [7, 11) is -2.20. The van der Waals surface area contributed by atoms with Gasteiger partial charge in [0, 0.05) is 30.8 Å². The van der Waals surface area contributed by atoms with E-state index in [-0.39, 0.29) is 18.0 Å². The van der Waals surface area contributed by atoms with Gasteiger partial charge in [0.1, 0.15) is 13.2 Å². The van der Waals surface area contributed by atoms with Crippen LogP contribution in [0.15, 0.2) is 59.6 Å². The van der Waals surface area contributed by atoms with Gasteiger partial charge in [0.2, 0.25) is 11.8 Å². The maximum Gasteiger partial charge on any atom is 0.265 e. The summed E-state index contributed by atoms with van der Waals surface area (Å²) in [5, 5.41) is 4.23. The Kier molecular flexibility index (Phi) is 5.56. The van der Waals surface area contributed by atoms with Crippen LogP contribution >= 0.6 is 0 Å². The molecule has 0 spiro atoms. The van der Waals surface area contributed by atoms with E-state index in [0.717, 1.165) is 9.69 Å². The molecule has 4 rings (SSSR count). The molecule has 1 aromatic heterocycles. The third-order valence-corrected chi connectivity index (χ3v) is 6.62. The molecule has 2 aromatic carbocycles. The predicted octanol–water partition coefficient (Wildman–Crippen LogP) is 2.09. The van der Waals surface area contributed by atoms with Crippen molar-refractivity contribution in [1.29, 1.82) is 0 Å². The quantitative estimate of drug-likeness (QED) is 0.553. The van der Waals surface area contributed by atoms with E-state index in [1.54, 1.807) is 49.7 Å². The summed E-state index contributed by atoms with van der Waals surface area (Å²) in [5.74, 6) is -0.0177. The Bertz CT molecular complexity index is 1190. The fraction of sp³-hybridized carbons (Fsp3) is 0.238. The van der Waals surface area contributed by atoms with Gasteiger partial charge in [-0.2, -0.15) is 0 Å². The van der Waals surface area contributed by atoms with Crippen LogP contribution < -0.4 is 14.4 Å². The zero-order valence-electron chi connectivity index (χ0n) is 16.4. The van der Waals surface area contributed by atoms with E-state index >= 15 is 0 Å². The maximum absolute atomic E-state index is 13.0. The lowest BCUT2D eigenvalue weighted by atomic mass is 10.1. The molecule has 8 nitrogen and oxygen atoms in total. The molecule has 30 heavy (non-hydrogen) atoms. The van der Waals surface area contributed by atoms with Gasteiger partial charge in [0.05, 0.1) is 17.2 Å². The molecule has 1 aliphatic rings. The molecule has 3 aromatic rings. The van der Waals surface area contributed by atoms with Gasteiger partial charge in [0.15, 0.2) is 0 Å². The Morgan fingerprint density at radius 1 is 1.10 bits per heavy atom. The zero-order chi connectivity index (χ0) is 21.1. The number of rotatable bonds is 8. The molecule has 156 valence electrons. The molecule has 1 aliphatic heterocycles. The van der Waals surface area contributed by atoms with E-state index in [2.05, 4.69) is 10.3 Å². The molecule has 0 bridgehead atoms. The van der Waals surface area contributed by atoms with E-state index in [4.69, 9.17) is 9.47 Å². The predicted molar refractivity (Wildman–Crippen MR) is 112 cm³/mol. The molecule has 0 unspecified atom stereocenters. The number of nitrogens with zero attached hydrogens (tertiary/aromatic N) is 2. The fourth-order valence-electron chi connectivity index (χ4n) is 3.42. The van der Waals surface area contributed by atoms with Gasteiger partial charge in [-0.3, -0.25) is 9.10 Å². The smallest absolute Gasteiger partial charge is 0.265 e. The highest BCUT2D eigenvalue weighted by Gasteiger charge is 2.36. The Balaban J connectivity index is 1.48. The second kappa shape index (κ2) is 8.29. The first-order chi connectivity index (χ1) is 14.5. The Morgan fingerprint density at radius 3 is 2.70 bits per heavy atom. The normalized spacial score (nSPS) is 14.1. The topological polar surface area (TPSA) is 97.8 Å². The van der Waals surface area contributed by atoms with E-state index in [0.29, 0.717) is 35.7 Å². The lowest BCUT2D eigenvalue weighted by Gasteiger charge is -2.18. The van der Waals surface area contributed by atoms with Crippen molar-refractivity contribution in [2.24, 2.45) is 0 Å². The Labute approximate surface area is 174 Å². The minimum atomic E-state index is -3.78. The average Bonchev–Trinajstić information content (AvgIpc) is 2.96. The summed E-state index contributed by atoms with van der Waals surface area (Å²) in [6.07, 6.45) is 1.60. The van der Waals surface area contributed by atoms with Crippen LogP contribution in [0.3, 0.4) is 0 Å². The SMILES string of the molecule is COCCOc1ncccc1CNC(=O)CN1c2cccc3cccc(c23)S1(=O)=O. The number of pyridine rings is 1. The lowest BCUT2D eigenvalue weighted by Crippen LogP contribution is -2.38. The first-order valence-electron chi connectivity index (χ1n) is 9.39. The summed E-state index contributed by atoms with van der Waals surface area (Å²) in [5.41, 5.74) is 1.21. The first-order valence-corrected chi connectivity index (χ1v) is 10.8. The molecule has 0 saturated heterocycles. The molecule has 0 radical (unpaired) electrons. The molecule has 9 heteroatoms.